The molecule has 2 N–H and O–H groups in total. The number of nitrogens with one attached hydrogen (secondary N) is 1. The molecule has 4 aromatic heterocycles. The predicted octanol–water partition coefficient (Wildman–Crippen LogP) is 5.62. The molecule has 0 aliphatic rings. The number of aromatic nitrogens is 4. The molecule has 0 aliphatic heterocycles. The van der Waals surface area contributed by atoms with Crippen LogP contribution < -0.4 is 10.2 Å². The monoisotopic (exact) mass is 638 g/mol. The summed E-state index contributed by atoms with van der Waals surface area (Å²) in [6, 6.07) is 16.4. The summed E-state index contributed by atoms with van der Waals surface area (Å²) in [4.78, 5) is 37.2. The summed E-state index contributed by atoms with van der Waals surface area (Å²) in [5.74, 6) is -0.606. The molecule has 46 heavy (non-hydrogen) atoms. The van der Waals surface area contributed by atoms with Gasteiger partial charge in [0.1, 0.15) is 11.3 Å². The average molecular weight is 639 g/mol. The van der Waals surface area contributed by atoms with E-state index in [1.54, 1.807) is 48.8 Å². The van der Waals surface area contributed by atoms with Gasteiger partial charge in [-0.1, -0.05) is 23.8 Å². The van der Waals surface area contributed by atoms with E-state index in [0.717, 1.165) is 15.1 Å². The van der Waals surface area contributed by atoms with Gasteiger partial charge in [-0.05, 0) is 66.9 Å². The van der Waals surface area contributed by atoms with Gasteiger partial charge in [0.2, 0.25) is 6.41 Å². The molecular weight excluding hydrogens is 611 g/mol. The van der Waals surface area contributed by atoms with Gasteiger partial charge in [-0.2, -0.15) is 0 Å². The highest BCUT2D eigenvalue weighted by Crippen LogP contribution is 2.38. The number of rotatable bonds is 10. The lowest BCUT2D eigenvalue weighted by atomic mass is 9.98. The van der Waals surface area contributed by atoms with Crippen LogP contribution in [0.2, 0.25) is 0 Å². The number of fused-ring (bicyclic) bond motifs is 2. The van der Waals surface area contributed by atoms with Crippen LogP contribution in [0.5, 0.6) is 0 Å². The summed E-state index contributed by atoms with van der Waals surface area (Å²) in [5.41, 5.74) is 3.63. The Bertz CT molecular complexity index is 2210. The molecule has 6 aromatic rings. The molecule has 0 spiro atoms. The highest BCUT2D eigenvalue weighted by molar-refractivity contribution is 7.90. The average Bonchev–Trinajstić information content (AvgIpc) is 3.45. The van der Waals surface area contributed by atoms with Crippen molar-refractivity contribution in [3.63, 3.8) is 0 Å². The fourth-order valence-corrected chi connectivity index (χ4v) is 6.62. The number of pyridine rings is 3. The molecule has 0 saturated heterocycles. The molecule has 0 bridgehead atoms. The van der Waals surface area contributed by atoms with Gasteiger partial charge in [0, 0.05) is 59.8 Å². The summed E-state index contributed by atoms with van der Waals surface area (Å²) in [6.45, 7) is 2.14. The van der Waals surface area contributed by atoms with Crippen molar-refractivity contribution in [2.75, 3.05) is 18.0 Å². The van der Waals surface area contributed by atoms with E-state index in [2.05, 4.69) is 20.3 Å². The number of carbonyl (C=O) groups excluding carboxylic acids is 1. The van der Waals surface area contributed by atoms with Crippen molar-refractivity contribution >= 4 is 50.2 Å². The maximum atomic E-state index is 15.7. The molecule has 2 aromatic carbocycles. The first-order valence-electron chi connectivity index (χ1n) is 14.2. The number of hydrogen-bond donors (Lipinski definition) is 2. The molecule has 11 nitrogen and oxygen atoms in total. The normalized spacial score (nSPS) is 11.5. The zero-order chi connectivity index (χ0) is 32.4. The topological polar surface area (TPSA) is 147 Å². The number of benzene rings is 2. The van der Waals surface area contributed by atoms with Crippen LogP contribution in [0.15, 0.2) is 96.5 Å². The van der Waals surface area contributed by atoms with E-state index < -0.39 is 21.9 Å². The smallest absolute Gasteiger partial charge is 0.404 e. The largest absolute Gasteiger partial charge is 0.465 e. The van der Waals surface area contributed by atoms with Crippen molar-refractivity contribution in [2.24, 2.45) is 0 Å². The first-order valence-corrected chi connectivity index (χ1v) is 15.6. The maximum Gasteiger partial charge on any atom is 0.404 e. The summed E-state index contributed by atoms with van der Waals surface area (Å²) < 4.78 is 44.7. The third kappa shape index (κ3) is 5.75. The first-order chi connectivity index (χ1) is 22.2. The number of anilines is 1. The minimum atomic E-state index is -4.14. The lowest BCUT2D eigenvalue weighted by molar-refractivity contribution is -0.107. The van der Waals surface area contributed by atoms with Crippen LogP contribution in [-0.4, -0.2) is 58.0 Å². The lowest BCUT2D eigenvalue weighted by Crippen LogP contribution is -2.28. The standard InChI is InChI=1S/C33H27FN6O5S/c1-21-5-7-25(8-6-21)46(44,45)40-19-29(28-16-24(18-38-32(28)40)39(20-41)13-3-11-37-33(42)43)23-14-27-26(22-4-2-10-35-17-22)9-12-36-31(27)30(34)15-23/h2,4-10,12,14-20,37H,3,11,13H2,1H3,(H,42,43). The number of halogens is 1. The minimum Gasteiger partial charge on any atom is -0.465 e. The fourth-order valence-electron chi connectivity index (χ4n) is 5.29. The second kappa shape index (κ2) is 12.4. The van der Waals surface area contributed by atoms with E-state index in [9.17, 15) is 18.0 Å². The van der Waals surface area contributed by atoms with Gasteiger partial charge in [0.25, 0.3) is 10.0 Å². The van der Waals surface area contributed by atoms with E-state index in [4.69, 9.17) is 5.11 Å². The number of hydrogen-bond acceptors (Lipinski definition) is 7. The predicted molar refractivity (Wildman–Crippen MR) is 171 cm³/mol. The molecular formula is C33H27FN6O5S. The van der Waals surface area contributed by atoms with Gasteiger partial charge in [-0.15, -0.1) is 0 Å². The van der Waals surface area contributed by atoms with Gasteiger partial charge in [-0.25, -0.2) is 26.6 Å². The summed E-state index contributed by atoms with van der Waals surface area (Å²) in [5, 5.41) is 12.0. The van der Waals surface area contributed by atoms with Gasteiger partial charge in [0.15, 0.2) is 5.65 Å². The summed E-state index contributed by atoms with van der Waals surface area (Å²) in [6.07, 6.45) is 7.32. The fraction of sp³-hybridized carbons (Fsp3) is 0.121. The van der Waals surface area contributed by atoms with E-state index in [1.807, 2.05) is 13.0 Å². The molecule has 4 heterocycles. The van der Waals surface area contributed by atoms with Gasteiger partial charge >= 0.3 is 6.09 Å². The Kier molecular flexibility index (Phi) is 8.16. The molecule has 0 radical (unpaired) electrons. The van der Waals surface area contributed by atoms with Crippen LogP contribution in [-0.2, 0) is 14.8 Å². The van der Waals surface area contributed by atoms with Crippen molar-refractivity contribution in [3.8, 4) is 22.3 Å². The molecule has 13 heteroatoms. The molecule has 2 amide bonds. The number of aryl methyl sites for hydroxylation is 1. The van der Waals surface area contributed by atoms with E-state index in [-0.39, 0.29) is 29.1 Å². The Morgan fingerprint density at radius 1 is 1.00 bits per heavy atom. The van der Waals surface area contributed by atoms with E-state index in [1.165, 1.54) is 41.7 Å². The van der Waals surface area contributed by atoms with Crippen LogP contribution in [0.4, 0.5) is 14.9 Å². The Morgan fingerprint density at radius 3 is 2.52 bits per heavy atom. The minimum absolute atomic E-state index is 0.0423. The van der Waals surface area contributed by atoms with Crippen molar-refractivity contribution in [2.45, 2.75) is 18.2 Å². The highest BCUT2D eigenvalue weighted by Gasteiger charge is 2.25. The highest BCUT2D eigenvalue weighted by atomic mass is 32.2. The molecule has 0 fully saturated rings. The van der Waals surface area contributed by atoms with E-state index in [0.29, 0.717) is 46.0 Å². The zero-order valence-electron chi connectivity index (χ0n) is 24.5. The lowest BCUT2D eigenvalue weighted by Gasteiger charge is -2.17. The third-order valence-electron chi connectivity index (χ3n) is 7.57. The van der Waals surface area contributed by atoms with Gasteiger partial charge in [-0.3, -0.25) is 14.8 Å². The van der Waals surface area contributed by atoms with Crippen molar-refractivity contribution < 1.29 is 27.5 Å². The Labute approximate surface area is 263 Å². The van der Waals surface area contributed by atoms with Crippen molar-refractivity contribution in [3.05, 3.63) is 103 Å². The Balaban J connectivity index is 1.55. The number of nitrogens with zero attached hydrogens (tertiary/aromatic N) is 5. The van der Waals surface area contributed by atoms with Crippen molar-refractivity contribution in [1.82, 2.24) is 24.2 Å². The second-order valence-electron chi connectivity index (χ2n) is 10.6. The maximum absolute atomic E-state index is 15.7. The Hall–Kier alpha value is -5.69. The SMILES string of the molecule is Cc1ccc(S(=O)(=O)n2cc(-c3cc(F)c4nccc(-c5cccnc5)c4c3)c3cc(N(C=O)CCCNC(=O)O)cnc32)cc1. The molecule has 0 saturated carbocycles. The molecule has 232 valence electrons. The molecule has 0 aliphatic carbocycles. The Morgan fingerprint density at radius 2 is 1.80 bits per heavy atom. The zero-order valence-corrected chi connectivity index (χ0v) is 25.3. The number of carbonyl (C=O) groups is 2. The molecule has 0 unspecified atom stereocenters. The van der Waals surface area contributed by atoms with Crippen LogP contribution in [0.3, 0.4) is 0 Å². The van der Waals surface area contributed by atoms with E-state index >= 15 is 4.39 Å². The first kappa shape index (κ1) is 30.3. The number of carboxylic acid groups (broad SMARTS) is 1. The van der Waals surface area contributed by atoms with Crippen LogP contribution in [0.1, 0.15) is 12.0 Å². The van der Waals surface area contributed by atoms with Crippen LogP contribution in [0.25, 0.3) is 44.2 Å². The summed E-state index contributed by atoms with van der Waals surface area (Å²) >= 11 is 0. The van der Waals surface area contributed by atoms with Gasteiger partial charge in [0.05, 0.1) is 16.8 Å². The van der Waals surface area contributed by atoms with Crippen molar-refractivity contribution in [1.29, 1.82) is 0 Å². The van der Waals surface area contributed by atoms with Gasteiger partial charge < -0.3 is 15.3 Å². The third-order valence-corrected chi connectivity index (χ3v) is 9.23. The molecule has 0 atom stereocenters. The van der Waals surface area contributed by atoms with Crippen LogP contribution >= 0.6 is 0 Å². The summed E-state index contributed by atoms with van der Waals surface area (Å²) in [7, 11) is -4.14. The molecule has 6 rings (SSSR count). The second-order valence-corrected chi connectivity index (χ2v) is 12.4. The number of amides is 2. The quantitative estimate of drug-likeness (QED) is 0.145. The van der Waals surface area contributed by atoms with Crippen LogP contribution in [0, 0.1) is 12.7 Å².